The molecule has 5 nitrogen and oxygen atoms in total. The van der Waals surface area contributed by atoms with Gasteiger partial charge in [-0.05, 0) is 43.3 Å². The minimum Gasteiger partial charge on any atom is -0.339 e. The van der Waals surface area contributed by atoms with E-state index in [9.17, 15) is 0 Å². The molecule has 0 spiro atoms. The van der Waals surface area contributed by atoms with Crippen molar-refractivity contribution in [2.75, 3.05) is 13.1 Å². The fraction of sp³-hybridized carbons (Fsp3) is 0.529. The number of hydrogen-bond acceptors (Lipinski definition) is 5. The van der Waals surface area contributed by atoms with Gasteiger partial charge in [0, 0.05) is 18.5 Å². The summed E-state index contributed by atoms with van der Waals surface area (Å²) in [7, 11) is 0. The van der Waals surface area contributed by atoms with Crippen LogP contribution in [0.2, 0.25) is 0 Å². The van der Waals surface area contributed by atoms with Crippen LogP contribution in [0.15, 0.2) is 28.8 Å². The monoisotopic (exact) mass is 372 g/mol. The molecule has 2 atom stereocenters. The zero-order valence-corrected chi connectivity index (χ0v) is 15.5. The second kappa shape index (κ2) is 9.99. The van der Waals surface area contributed by atoms with Gasteiger partial charge >= 0.3 is 0 Å². The normalized spacial score (nSPS) is 18.3. The van der Waals surface area contributed by atoms with E-state index in [-0.39, 0.29) is 24.8 Å². The van der Waals surface area contributed by atoms with Crippen molar-refractivity contribution in [1.82, 2.24) is 15.5 Å². The van der Waals surface area contributed by atoms with Crippen LogP contribution in [0, 0.1) is 11.8 Å². The van der Waals surface area contributed by atoms with Gasteiger partial charge in [-0.25, -0.2) is 0 Å². The maximum Gasteiger partial charge on any atom is 0.227 e. The predicted molar refractivity (Wildman–Crippen MR) is 101 cm³/mol. The number of nitrogens with zero attached hydrogens (tertiary/aromatic N) is 2. The molecular weight excluding hydrogens is 347 g/mol. The molecule has 3 N–H and O–H groups in total. The minimum absolute atomic E-state index is 0. The third-order valence-electron chi connectivity index (χ3n) is 4.55. The van der Waals surface area contributed by atoms with Crippen molar-refractivity contribution in [1.29, 1.82) is 0 Å². The Hall–Kier alpha value is -1.14. The number of aromatic nitrogens is 2. The van der Waals surface area contributed by atoms with E-state index in [0.29, 0.717) is 24.2 Å². The Bertz CT molecular complexity index is 597. The molecule has 1 fully saturated rings. The average Bonchev–Trinajstić information content (AvgIpc) is 3.04. The number of piperidine rings is 1. The molecule has 3 rings (SSSR count). The first-order chi connectivity index (χ1) is 10.8. The van der Waals surface area contributed by atoms with Crippen molar-refractivity contribution in [3.8, 4) is 11.4 Å². The van der Waals surface area contributed by atoms with Crippen LogP contribution in [0.4, 0.5) is 0 Å². The summed E-state index contributed by atoms with van der Waals surface area (Å²) >= 11 is 0. The second-order valence-electron chi connectivity index (χ2n) is 6.20. The molecule has 1 aromatic carbocycles. The highest BCUT2D eigenvalue weighted by atomic mass is 35.5. The van der Waals surface area contributed by atoms with Crippen molar-refractivity contribution in [3.05, 3.63) is 35.7 Å². The number of rotatable bonds is 5. The lowest BCUT2D eigenvalue weighted by Gasteiger charge is -2.27. The summed E-state index contributed by atoms with van der Waals surface area (Å²) in [5.74, 6) is 2.65. The fourth-order valence-electron chi connectivity index (χ4n) is 3.05. The van der Waals surface area contributed by atoms with Gasteiger partial charge in [-0.2, -0.15) is 4.98 Å². The summed E-state index contributed by atoms with van der Waals surface area (Å²) < 4.78 is 5.43. The van der Waals surface area contributed by atoms with Gasteiger partial charge in [0.25, 0.3) is 0 Å². The first kappa shape index (κ1) is 20.9. The Morgan fingerprint density at radius 3 is 2.67 bits per heavy atom. The smallest absolute Gasteiger partial charge is 0.227 e. The summed E-state index contributed by atoms with van der Waals surface area (Å²) in [4.78, 5) is 4.54. The van der Waals surface area contributed by atoms with Crippen LogP contribution in [0.1, 0.15) is 31.2 Å². The minimum atomic E-state index is 0. The lowest BCUT2D eigenvalue weighted by atomic mass is 9.85. The highest BCUT2D eigenvalue weighted by Crippen LogP contribution is 2.24. The third-order valence-corrected chi connectivity index (χ3v) is 4.55. The number of hydrogen-bond donors (Lipinski definition) is 2. The molecule has 0 bridgehead atoms. The number of benzene rings is 1. The SMILES string of the molecule is CC(Cc1nc(-c2ccc(CN)cc2)no1)C1CCCNC1.Cl.Cl. The van der Waals surface area contributed by atoms with Crippen molar-refractivity contribution in [3.63, 3.8) is 0 Å². The van der Waals surface area contributed by atoms with Gasteiger partial charge in [0.15, 0.2) is 0 Å². The van der Waals surface area contributed by atoms with Crippen molar-refractivity contribution < 1.29 is 4.52 Å². The molecule has 1 aliphatic heterocycles. The van der Waals surface area contributed by atoms with E-state index in [1.165, 1.54) is 12.8 Å². The molecule has 0 saturated carbocycles. The van der Waals surface area contributed by atoms with Crippen LogP contribution in [0.3, 0.4) is 0 Å². The Labute approximate surface area is 155 Å². The van der Waals surface area contributed by atoms with E-state index in [0.717, 1.165) is 36.5 Å². The number of nitrogens with one attached hydrogen (secondary N) is 1. The van der Waals surface area contributed by atoms with E-state index in [4.69, 9.17) is 10.3 Å². The van der Waals surface area contributed by atoms with Gasteiger partial charge < -0.3 is 15.6 Å². The summed E-state index contributed by atoms with van der Waals surface area (Å²) in [5.41, 5.74) is 7.69. The third kappa shape index (κ3) is 5.18. The molecule has 1 saturated heterocycles. The van der Waals surface area contributed by atoms with Crippen LogP contribution in [0.25, 0.3) is 11.4 Å². The van der Waals surface area contributed by atoms with Gasteiger partial charge in [0.2, 0.25) is 11.7 Å². The van der Waals surface area contributed by atoms with Gasteiger partial charge in [0.05, 0.1) is 0 Å². The molecule has 0 amide bonds. The van der Waals surface area contributed by atoms with Crippen molar-refractivity contribution in [2.24, 2.45) is 17.6 Å². The van der Waals surface area contributed by atoms with E-state index in [2.05, 4.69) is 22.4 Å². The average molecular weight is 373 g/mol. The van der Waals surface area contributed by atoms with E-state index in [1.54, 1.807) is 0 Å². The molecule has 7 heteroatoms. The quantitative estimate of drug-likeness (QED) is 0.842. The van der Waals surface area contributed by atoms with Crippen LogP contribution >= 0.6 is 24.8 Å². The molecular formula is C17H26Cl2N4O. The summed E-state index contributed by atoms with van der Waals surface area (Å²) in [6.45, 7) is 5.07. The molecule has 1 aromatic heterocycles. The molecule has 2 heterocycles. The van der Waals surface area contributed by atoms with Gasteiger partial charge in [-0.3, -0.25) is 0 Å². The standard InChI is InChI=1S/C17H24N4O.2ClH/c1-12(15-3-2-8-19-11-15)9-16-20-17(21-22-16)14-6-4-13(10-18)5-7-14;;/h4-7,12,15,19H,2-3,8-11,18H2,1H3;2*1H. The lowest BCUT2D eigenvalue weighted by Crippen LogP contribution is -2.33. The highest BCUT2D eigenvalue weighted by Gasteiger charge is 2.22. The zero-order valence-electron chi connectivity index (χ0n) is 13.9. The van der Waals surface area contributed by atoms with Crippen molar-refractivity contribution in [2.45, 2.75) is 32.7 Å². The largest absolute Gasteiger partial charge is 0.339 e. The molecule has 0 radical (unpaired) electrons. The maximum atomic E-state index is 5.61. The van der Waals surface area contributed by atoms with E-state index >= 15 is 0 Å². The van der Waals surface area contributed by atoms with Crippen LogP contribution < -0.4 is 11.1 Å². The second-order valence-corrected chi connectivity index (χ2v) is 6.20. The van der Waals surface area contributed by atoms with E-state index in [1.807, 2.05) is 24.3 Å². The molecule has 2 unspecified atom stereocenters. The van der Waals surface area contributed by atoms with Crippen LogP contribution in [-0.2, 0) is 13.0 Å². The molecule has 24 heavy (non-hydrogen) atoms. The van der Waals surface area contributed by atoms with Crippen LogP contribution in [-0.4, -0.2) is 23.2 Å². The maximum absolute atomic E-state index is 5.61. The summed E-state index contributed by atoms with van der Waals surface area (Å²) in [6.07, 6.45) is 3.40. The van der Waals surface area contributed by atoms with Crippen molar-refractivity contribution >= 4 is 24.8 Å². The topological polar surface area (TPSA) is 77.0 Å². The van der Waals surface area contributed by atoms with Gasteiger partial charge in [-0.1, -0.05) is 36.3 Å². The first-order valence-electron chi connectivity index (χ1n) is 8.09. The number of nitrogens with two attached hydrogens (primary N) is 1. The Morgan fingerprint density at radius 1 is 1.29 bits per heavy atom. The molecule has 1 aliphatic rings. The summed E-state index contributed by atoms with van der Waals surface area (Å²) in [5, 5.41) is 7.57. The van der Waals surface area contributed by atoms with E-state index < -0.39 is 0 Å². The summed E-state index contributed by atoms with van der Waals surface area (Å²) in [6, 6.07) is 7.99. The number of halogens is 2. The van der Waals surface area contributed by atoms with Gasteiger partial charge in [-0.15, -0.1) is 24.8 Å². The zero-order chi connectivity index (χ0) is 15.4. The molecule has 2 aromatic rings. The Morgan fingerprint density at radius 2 is 2.04 bits per heavy atom. The van der Waals surface area contributed by atoms with Gasteiger partial charge in [0.1, 0.15) is 0 Å². The predicted octanol–water partition coefficient (Wildman–Crippen LogP) is 3.22. The molecule has 134 valence electrons. The fourth-order valence-corrected chi connectivity index (χ4v) is 3.05. The molecule has 0 aliphatic carbocycles. The lowest BCUT2D eigenvalue weighted by molar-refractivity contribution is 0.257. The van der Waals surface area contributed by atoms with Crippen LogP contribution in [0.5, 0.6) is 0 Å². The Kier molecular flexibility index (Phi) is 8.70. The highest BCUT2D eigenvalue weighted by molar-refractivity contribution is 5.85. The first-order valence-corrected chi connectivity index (χ1v) is 8.09. The Balaban J connectivity index is 0.00000144.